The van der Waals surface area contributed by atoms with E-state index in [2.05, 4.69) is 10.6 Å². The van der Waals surface area contributed by atoms with Gasteiger partial charge in [-0.25, -0.2) is 9.59 Å². The molecular weight excluding hydrogens is 394 g/mol. The van der Waals surface area contributed by atoms with Crippen molar-refractivity contribution in [3.8, 4) is 0 Å². The van der Waals surface area contributed by atoms with E-state index in [-0.39, 0.29) is 23.8 Å². The fourth-order valence-corrected chi connectivity index (χ4v) is 2.95. The van der Waals surface area contributed by atoms with Gasteiger partial charge in [0.2, 0.25) is 5.91 Å². The molecule has 3 amide bonds. The van der Waals surface area contributed by atoms with Crippen LogP contribution in [0.3, 0.4) is 0 Å². The van der Waals surface area contributed by atoms with Gasteiger partial charge in [0.1, 0.15) is 0 Å². The van der Waals surface area contributed by atoms with Crippen molar-refractivity contribution in [2.45, 2.75) is 18.4 Å². The number of ether oxygens (including phenoxy) is 1. The lowest BCUT2D eigenvalue weighted by Crippen LogP contribution is -2.28. The largest absolute Gasteiger partial charge is 0.454 e. The highest BCUT2D eigenvalue weighted by atomic mass is 32.2. The summed E-state index contributed by atoms with van der Waals surface area (Å²) in [6.45, 7) is 1.20. The van der Waals surface area contributed by atoms with Gasteiger partial charge >= 0.3 is 12.0 Å². The van der Waals surface area contributed by atoms with E-state index in [1.807, 2.05) is 6.26 Å². The quantitative estimate of drug-likeness (QED) is 0.345. The van der Waals surface area contributed by atoms with Crippen molar-refractivity contribution < 1.29 is 23.9 Å². The maximum Gasteiger partial charge on any atom is 0.338 e. The minimum absolute atomic E-state index is 0.242. The first-order chi connectivity index (χ1) is 13.8. The highest BCUT2D eigenvalue weighted by Crippen LogP contribution is 2.26. The minimum Gasteiger partial charge on any atom is -0.454 e. The van der Waals surface area contributed by atoms with E-state index < -0.39 is 18.6 Å². The second kappa shape index (κ2) is 10.3. The van der Waals surface area contributed by atoms with Crippen LogP contribution < -0.4 is 16.4 Å². The molecule has 9 heteroatoms. The van der Waals surface area contributed by atoms with Crippen LogP contribution in [0, 0.1) is 0 Å². The van der Waals surface area contributed by atoms with E-state index in [9.17, 15) is 19.2 Å². The van der Waals surface area contributed by atoms with Gasteiger partial charge < -0.3 is 21.1 Å². The van der Waals surface area contributed by atoms with Crippen LogP contribution in [-0.4, -0.2) is 36.6 Å². The predicted octanol–water partition coefficient (Wildman–Crippen LogP) is 2.57. The fraction of sp³-hybridized carbons (Fsp3) is 0.200. The number of ketones is 1. The summed E-state index contributed by atoms with van der Waals surface area (Å²) in [4.78, 5) is 47.4. The molecule has 0 aliphatic rings. The summed E-state index contributed by atoms with van der Waals surface area (Å²) in [6.07, 6.45) is 1.86. The number of hydrogen-bond donors (Lipinski definition) is 3. The molecule has 0 bridgehead atoms. The SMILES string of the molecule is CSc1ccc(C(=O)COC(=O)c2ccc(CNC(N)=O)cc2)cc1NC(C)=O. The summed E-state index contributed by atoms with van der Waals surface area (Å²) in [5, 5.41) is 5.12. The van der Waals surface area contributed by atoms with Crippen LogP contribution in [0.2, 0.25) is 0 Å². The molecular formula is C20H21N3O5S. The second-order valence-electron chi connectivity index (χ2n) is 6.01. The Morgan fingerprint density at radius 1 is 1.03 bits per heavy atom. The van der Waals surface area contributed by atoms with E-state index >= 15 is 0 Å². The monoisotopic (exact) mass is 415 g/mol. The van der Waals surface area contributed by atoms with Gasteiger partial charge in [-0.05, 0) is 36.1 Å². The van der Waals surface area contributed by atoms with Crippen LogP contribution in [0.1, 0.15) is 33.2 Å². The number of nitrogens with one attached hydrogen (secondary N) is 2. The Balaban J connectivity index is 1.98. The van der Waals surface area contributed by atoms with Crippen molar-refractivity contribution in [1.82, 2.24) is 5.32 Å². The number of nitrogens with two attached hydrogens (primary N) is 1. The highest BCUT2D eigenvalue weighted by molar-refractivity contribution is 7.98. The molecule has 0 radical (unpaired) electrons. The zero-order chi connectivity index (χ0) is 21.4. The maximum atomic E-state index is 12.4. The number of rotatable bonds is 8. The Hall–Kier alpha value is -3.33. The van der Waals surface area contributed by atoms with E-state index in [0.717, 1.165) is 10.5 Å². The number of thioether (sulfide) groups is 1. The lowest BCUT2D eigenvalue weighted by Gasteiger charge is -2.10. The molecule has 0 spiro atoms. The molecule has 0 atom stereocenters. The molecule has 152 valence electrons. The fourth-order valence-electron chi connectivity index (χ4n) is 2.41. The summed E-state index contributed by atoms with van der Waals surface area (Å²) in [6, 6.07) is 10.6. The van der Waals surface area contributed by atoms with E-state index in [0.29, 0.717) is 11.3 Å². The Labute approximate surface area is 172 Å². The number of primary amides is 1. The summed E-state index contributed by atoms with van der Waals surface area (Å²) >= 11 is 1.44. The lowest BCUT2D eigenvalue weighted by molar-refractivity contribution is -0.114. The molecule has 0 saturated carbocycles. The number of esters is 1. The summed E-state index contributed by atoms with van der Waals surface area (Å²) in [5.41, 5.74) is 6.90. The van der Waals surface area contributed by atoms with Crippen LogP contribution in [0.15, 0.2) is 47.4 Å². The van der Waals surface area contributed by atoms with Gasteiger partial charge in [0.05, 0.1) is 11.3 Å². The zero-order valence-electron chi connectivity index (χ0n) is 16.0. The van der Waals surface area contributed by atoms with Gasteiger partial charge in [0.15, 0.2) is 12.4 Å². The predicted molar refractivity (Wildman–Crippen MR) is 110 cm³/mol. The molecule has 0 saturated heterocycles. The van der Waals surface area contributed by atoms with Crippen LogP contribution in [-0.2, 0) is 16.1 Å². The first-order valence-electron chi connectivity index (χ1n) is 8.58. The molecule has 4 N–H and O–H groups in total. The molecule has 0 aliphatic carbocycles. The zero-order valence-corrected chi connectivity index (χ0v) is 16.8. The molecule has 8 nitrogen and oxygen atoms in total. The third-order valence-corrected chi connectivity index (χ3v) is 4.62. The minimum atomic E-state index is -0.643. The standard InChI is InChI=1S/C20H21N3O5S/c1-12(24)23-16-9-15(7-8-18(16)29-2)17(25)11-28-19(26)14-5-3-13(4-6-14)10-22-20(21)27/h3-9H,10-11H2,1-2H3,(H,23,24)(H3,21,22,27). The lowest BCUT2D eigenvalue weighted by atomic mass is 10.1. The first-order valence-corrected chi connectivity index (χ1v) is 9.81. The van der Waals surface area contributed by atoms with Crippen LogP contribution in [0.4, 0.5) is 10.5 Å². The first kappa shape index (κ1) is 22.0. The van der Waals surface area contributed by atoms with Crippen molar-refractivity contribution in [2.75, 3.05) is 18.2 Å². The molecule has 29 heavy (non-hydrogen) atoms. The van der Waals surface area contributed by atoms with Crippen LogP contribution >= 0.6 is 11.8 Å². The molecule has 2 aromatic carbocycles. The second-order valence-corrected chi connectivity index (χ2v) is 6.86. The van der Waals surface area contributed by atoms with Gasteiger partial charge in [0, 0.05) is 23.9 Å². The number of carbonyl (C=O) groups excluding carboxylic acids is 4. The highest BCUT2D eigenvalue weighted by Gasteiger charge is 2.14. The van der Waals surface area contributed by atoms with Gasteiger partial charge in [-0.3, -0.25) is 9.59 Å². The number of benzene rings is 2. The Morgan fingerprint density at radius 2 is 1.69 bits per heavy atom. The smallest absolute Gasteiger partial charge is 0.338 e. The molecule has 0 unspecified atom stereocenters. The Bertz CT molecular complexity index is 928. The number of hydrogen-bond acceptors (Lipinski definition) is 6. The molecule has 0 heterocycles. The van der Waals surface area contributed by atoms with Crippen molar-refractivity contribution in [1.29, 1.82) is 0 Å². The number of amides is 3. The topological polar surface area (TPSA) is 128 Å². The maximum absolute atomic E-state index is 12.4. The summed E-state index contributed by atoms with van der Waals surface area (Å²) < 4.78 is 5.09. The normalized spacial score (nSPS) is 10.1. The average Bonchev–Trinajstić information content (AvgIpc) is 2.70. The van der Waals surface area contributed by atoms with E-state index in [1.54, 1.807) is 30.3 Å². The molecule has 0 aliphatic heterocycles. The van der Waals surface area contributed by atoms with Crippen molar-refractivity contribution in [3.05, 3.63) is 59.2 Å². The molecule has 0 aromatic heterocycles. The number of Topliss-reactive ketones (excluding diaryl/α,β-unsaturated/α-hetero) is 1. The molecule has 0 fully saturated rings. The van der Waals surface area contributed by atoms with Crippen molar-refractivity contribution >= 4 is 41.1 Å². The average molecular weight is 415 g/mol. The van der Waals surface area contributed by atoms with Gasteiger partial charge in [0.25, 0.3) is 0 Å². The van der Waals surface area contributed by atoms with Crippen LogP contribution in [0.5, 0.6) is 0 Å². The Morgan fingerprint density at radius 3 is 2.28 bits per heavy atom. The van der Waals surface area contributed by atoms with Gasteiger partial charge in [-0.1, -0.05) is 18.2 Å². The molecule has 2 aromatic rings. The van der Waals surface area contributed by atoms with Gasteiger partial charge in [-0.15, -0.1) is 11.8 Å². The Kier molecular flexibility index (Phi) is 7.79. The van der Waals surface area contributed by atoms with E-state index in [4.69, 9.17) is 10.5 Å². The third kappa shape index (κ3) is 6.65. The van der Waals surface area contributed by atoms with Crippen molar-refractivity contribution in [2.24, 2.45) is 5.73 Å². The number of anilines is 1. The van der Waals surface area contributed by atoms with Crippen molar-refractivity contribution in [3.63, 3.8) is 0 Å². The van der Waals surface area contributed by atoms with E-state index in [1.165, 1.54) is 30.8 Å². The van der Waals surface area contributed by atoms with Crippen LogP contribution in [0.25, 0.3) is 0 Å². The number of carbonyl (C=O) groups is 4. The molecule has 2 rings (SSSR count). The van der Waals surface area contributed by atoms with Gasteiger partial charge in [-0.2, -0.15) is 0 Å². The summed E-state index contributed by atoms with van der Waals surface area (Å²) in [5.74, 6) is -1.28. The number of urea groups is 1. The third-order valence-electron chi connectivity index (χ3n) is 3.82. The summed E-state index contributed by atoms with van der Waals surface area (Å²) in [7, 11) is 0.